The number of rotatable bonds is 5. The van der Waals surface area contributed by atoms with Gasteiger partial charge < -0.3 is 0 Å². The van der Waals surface area contributed by atoms with E-state index in [1.807, 2.05) is 30.3 Å². The highest BCUT2D eigenvalue weighted by Gasteiger charge is 2.33. The molecule has 0 bridgehead atoms. The molecule has 0 saturated heterocycles. The van der Waals surface area contributed by atoms with E-state index in [1.54, 1.807) is 18.2 Å². The largest absolute Gasteiger partial charge is 0.416 e. The van der Waals surface area contributed by atoms with Gasteiger partial charge in [0.2, 0.25) is 0 Å². The normalized spacial score (nSPS) is 12.4. The molecule has 3 heteroatoms. The van der Waals surface area contributed by atoms with Crippen molar-refractivity contribution in [3.63, 3.8) is 0 Å². The summed E-state index contributed by atoms with van der Waals surface area (Å²) in [4.78, 5) is 0. The molecule has 0 aliphatic carbocycles. The summed E-state index contributed by atoms with van der Waals surface area (Å²) < 4.78 is 39.3. The zero-order chi connectivity index (χ0) is 15.1. The summed E-state index contributed by atoms with van der Waals surface area (Å²) in [6.07, 6.45) is -1.10. The number of benzene rings is 2. The van der Waals surface area contributed by atoms with Gasteiger partial charge in [0.1, 0.15) is 0 Å². The fourth-order valence-corrected chi connectivity index (χ4v) is 2.21. The summed E-state index contributed by atoms with van der Waals surface area (Å²) in [5, 5.41) is 0. The minimum absolute atomic E-state index is 0.227. The Morgan fingerprint density at radius 3 is 2.00 bits per heavy atom. The zero-order valence-electron chi connectivity index (χ0n) is 11.6. The SMILES string of the molecule is FC(F)(F)C(=CCCCc1ccccc1)c1ccccc1. The maximum atomic E-state index is 13.1. The van der Waals surface area contributed by atoms with Crippen molar-refractivity contribution in [2.45, 2.75) is 25.4 Å². The van der Waals surface area contributed by atoms with Gasteiger partial charge in [0, 0.05) is 0 Å². The molecule has 0 spiro atoms. The lowest BCUT2D eigenvalue weighted by Crippen LogP contribution is -2.10. The molecule has 0 heterocycles. The second-order valence-corrected chi connectivity index (χ2v) is 4.86. The van der Waals surface area contributed by atoms with Crippen LogP contribution in [0.4, 0.5) is 13.2 Å². The van der Waals surface area contributed by atoms with Gasteiger partial charge in [-0.25, -0.2) is 0 Å². The minimum Gasteiger partial charge on any atom is -0.166 e. The van der Waals surface area contributed by atoms with E-state index < -0.39 is 11.7 Å². The third kappa shape index (κ3) is 4.78. The first kappa shape index (κ1) is 15.4. The summed E-state index contributed by atoms with van der Waals surface area (Å²) in [6.45, 7) is 0. The van der Waals surface area contributed by atoms with Crippen LogP contribution < -0.4 is 0 Å². The number of hydrogen-bond donors (Lipinski definition) is 0. The highest BCUT2D eigenvalue weighted by atomic mass is 19.4. The van der Waals surface area contributed by atoms with E-state index in [0.717, 1.165) is 12.0 Å². The van der Waals surface area contributed by atoms with Crippen LogP contribution in [0.1, 0.15) is 24.0 Å². The molecule has 110 valence electrons. The van der Waals surface area contributed by atoms with Crippen molar-refractivity contribution in [2.24, 2.45) is 0 Å². The molecular weight excluding hydrogens is 273 g/mol. The number of unbranched alkanes of at least 4 members (excludes halogenated alkanes) is 1. The molecule has 0 aromatic heterocycles. The van der Waals surface area contributed by atoms with Gasteiger partial charge in [0.15, 0.2) is 0 Å². The van der Waals surface area contributed by atoms with E-state index in [1.165, 1.54) is 18.2 Å². The lowest BCUT2D eigenvalue weighted by molar-refractivity contribution is -0.0690. The molecule has 2 aromatic carbocycles. The van der Waals surface area contributed by atoms with E-state index >= 15 is 0 Å². The lowest BCUT2D eigenvalue weighted by atomic mass is 10.0. The Hall–Kier alpha value is -2.03. The smallest absolute Gasteiger partial charge is 0.166 e. The van der Waals surface area contributed by atoms with Crippen molar-refractivity contribution < 1.29 is 13.2 Å². The monoisotopic (exact) mass is 290 g/mol. The molecule has 2 rings (SSSR count). The van der Waals surface area contributed by atoms with Crippen molar-refractivity contribution in [3.05, 3.63) is 77.9 Å². The Labute approximate surface area is 122 Å². The van der Waals surface area contributed by atoms with Crippen molar-refractivity contribution in [3.8, 4) is 0 Å². The first-order valence-electron chi connectivity index (χ1n) is 6.94. The highest BCUT2D eigenvalue weighted by Crippen LogP contribution is 2.34. The van der Waals surface area contributed by atoms with Crippen molar-refractivity contribution in [1.29, 1.82) is 0 Å². The van der Waals surface area contributed by atoms with Crippen LogP contribution in [0, 0.1) is 0 Å². The fourth-order valence-electron chi connectivity index (χ4n) is 2.21. The van der Waals surface area contributed by atoms with Gasteiger partial charge in [0.25, 0.3) is 0 Å². The maximum Gasteiger partial charge on any atom is 0.416 e. The van der Waals surface area contributed by atoms with E-state index in [4.69, 9.17) is 0 Å². The van der Waals surface area contributed by atoms with Crippen molar-refractivity contribution in [1.82, 2.24) is 0 Å². The molecule has 2 aromatic rings. The van der Waals surface area contributed by atoms with Crippen LogP contribution >= 0.6 is 0 Å². The van der Waals surface area contributed by atoms with Gasteiger partial charge >= 0.3 is 6.18 Å². The van der Waals surface area contributed by atoms with Crippen LogP contribution in [0.25, 0.3) is 5.57 Å². The summed E-state index contributed by atoms with van der Waals surface area (Å²) >= 11 is 0. The van der Waals surface area contributed by atoms with Crippen LogP contribution in [0.2, 0.25) is 0 Å². The minimum atomic E-state index is -4.31. The third-order valence-corrected chi connectivity index (χ3v) is 3.25. The molecule has 0 N–H and O–H groups in total. The van der Waals surface area contributed by atoms with Gasteiger partial charge in [-0.1, -0.05) is 66.7 Å². The van der Waals surface area contributed by atoms with Crippen LogP contribution in [-0.4, -0.2) is 6.18 Å². The summed E-state index contributed by atoms with van der Waals surface area (Å²) in [6, 6.07) is 17.8. The van der Waals surface area contributed by atoms with Gasteiger partial charge in [-0.15, -0.1) is 0 Å². The molecule has 0 fully saturated rings. The number of allylic oxidation sites excluding steroid dienone is 2. The molecule has 0 atom stereocenters. The Bertz CT molecular complexity index is 568. The van der Waals surface area contributed by atoms with Gasteiger partial charge in [-0.2, -0.15) is 13.2 Å². The molecule has 0 radical (unpaired) electrons. The van der Waals surface area contributed by atoms with Gasteiger partial charge in [0.05, 0.1) is 5.57 Å². The lowest BCUT2D eigenvalue weighted by Gasteiger charge is -2.12. The standard InChI is InChI=1S/C18H17F3/c19-18(20,21)17(16-12-5-2-6-13-16)14-8-7-11-15-9-3-1-4-10-15/h1-6,9-10,12-14H,7-8,11H2. The molecule has 21 heavy (non-hydrogen) atoms. The molecule has 0 amide bonds. The fraction of sp³-hybridized carbons (Fsp3) is 0.222. The predicted octanol–water partition coefficient (Wildman–Crippen LogP) is 5.66. The molecule has 0 aliphatic heterocycles. The Morgan fingerprint density at radius 1 is 0.857 bits per heavy atom. The van der Waals surface area contributed by atoms with E-state index in [9.17, 15) is 13.2 Å². The number of alkyl halides is 3. The van der Waals surface area contributed by atoms with E-state index in [-0.39, 0.29) is 5.56 Å². The average Bonchev–Trinajstić information content (AvgIpc) is 2.48. The Balaban J connectivity index is 2.01. The number of halogens is 3. The van der Waals surface area contributed by atoms with Gasteiger partial charge in [-0.3, -0.25) is 0 Å². The van der Waals surface area contributed by atoms with Crippen LogP contribution in [0.15, 0.2) is 66.7 Å². The first-order chi connectivity index (χ1) is 10.1. The number of aryl methyl sites for hydroxylation is 1. The van der Waals surface area contributed by atoms with E-state index in [2.05, 4.69) is 0 Å². The highest BCUT2D eigenvalue weighted by molar-refractivity contribution is 5.69. The zero-order valence-corrected chi connectivity index (χ0v) is 11.6. The Kier molecular flexibility index (Phi) is 5.20. The van der Waals surface area contributed by atoms with Crippen LogP contribution in [0.5, 0.6) is 0 Å². The summed E-state index contributed by atoms with van der Waals surface area (Å²) in [7, 11) is 0. The maximum absolute atomic E-state index is 13.1. The van der Waals surface area contributed by atoms with Crippen molar-refractivity contribution >= 4 is 5.57 Å². The quantitative estimate of drug-likeness (QED) is 0.624. The summed E-state index contributed by atoms with van der Waals surface area (Å²) in [5.41, 5.74) is 0.833. The second-order valence-electron chi connectivity index (χ2n) is 4.86. The second kappa shape index (κ2) is 7.11. The van der Waals surface area contributed by atoms with Crippen molar-refractivity contribution in [2.75, 3.05) is 0 Å². The molecule has 0 unspecified atom stereocenters. The molecule has 0 saturated carbocycles. The number of hydrogen-bond acceptors (Lipinski definition) is 0. The molecule has 0 nitrogen and oxygen atoms in total. The Morgan fingerprint density at radius 2 is 1.43 bits per heavy atom. The van der Waals surface area contributed by atoms with E-state index in [0.29, 0.717) is 12.8 Å². The summed E-state index contributed by atoms with van der Waals surface area (Å²) in [5.74, 6) is 0. The predicted molar refractivity (Wildman–Crippen MR) is 79.9 cm³/mol. The van der Waals surface area contributed by atoms with Crippen LogP contribution in [-0.2, 0) is 6.42 Å². The molecule has 0 aliphatic rings. The topological polar surface area (TPSA) is 0 Å². The van der Waals surface area contributed by atoms with Gasteiger partial charge in [-0.05, 0) is 30.4 Å². The third-order valence-electron chi connectivity index (χ3n) is 3.25. The van der Waals surface area contributed by atoms with Crippen LogP contribution in [0.3, 0.4) is 0 Å². The molecular formula is C18H17F3. The average molecular weight is 290 g/mol. The first-order valence-corrected chi connectivity index (χ1v) is 6.94.